The van der Waals surface area contributed by atoms with E-state index in [4.69, 9.17) is 4.42 Å². The highest BCUT2D eigenvalue weighted by Gasteiger charge is 2.11. The van der Waals surface area contributed by atoms with Crippen molar-refractivity contribution in [2.75, 3.05) is 0 Å². The zero-order valence-corrected chi connectivity index (χ0v) is 15.5. The Kier molecular flexibility index (Phi) is 5.33. The van der Waals surface area contributed by atoms with Gasteiger partial charge >= 0.3 is 0 Å². The summed E-state index contributed by atoms with van der Waals surface area (Å²) in [7, 11) is 0. The summed E-state index contributed by atoms with van der Waals surface area (Å²) in [6.45, 7) is 0. The van der Waals surface area contributed by atoms with Gasteiger partial charge in [-0.2, -0.15) is 0 Å². The maximum Gasteiger partial charge on any atom is 0.248 e. The number of hydrogen-bond donors (Lipinski definition) is 0. The summed E-state index contributed by atoms with van der Waals surface area (Å²) < 4.78 is 7.81. The summed E-state index contributed by atoms with van der Waals surface area (Å²) in [6.07, 6.45) is 0. The van der Waals surface area contributed by atoms with Crippen LogP contribution in [-0.2, 0) is 11.5 Å². The predicted octanol–water partition coefficient (Wildman–Crippen LogP) is 5.70. The molecule has 0 aliphatic heterocycles. The van der Waals surface area contributed by atoms with Crippen LogP contribution in [0.4, 0.5) is 0 Å². The summed E-state index contributed by atoms with van der Waals surface area (Å²) in [6, 6.07) is 16.0. The second kappa shape index (κ2) is 7.44. The minimum Gasteiger partial charge on any atom is -0.420 e. The van der Waals surface area contributed by atoms with Crippen LogP contribution in [0.5, 0.6) is 0 Å². The molecule has 0 saturated carbocycles. The van der Waals surface area contributed by atoms with Crippen LogP contribution in [0.15, 0.2) is 61.9 Å². The van der Waals surface area contributed by atoms with Gasteiger partial charge in [0.15, 0.2) is 0 Å². The number of nitrogens with zero attached hydrogens (tertiary/aromatic N) is 2. The Morgan fingerprint density at radius 1 is 0.864 bits per heavy atom. The van der Waals surface area contributed by atoms with Crippen molar-refractivity contribution < 1.29 is 4.42 Å². The highest BCUT2D eigenvalue weighted by Crippen LogP contribution is 2.28. The van der Waals surface area contributed by atoms with E-state index in [1.807, 2.05) is 42.5 Å². The van der Waals surface area contributed by atoms with Crippen molar-refractivity contribution >= 4 is 43.6 Å². The Bertz CT molecular complexity index is 776. The quantitative estimate of drug-likeness (QED) is 0.511. The van der Waals surface area contributed by atoms with Crippen molar-refractivity contribution in [2.45, 2.75) is 11.5 Å². The lowest BCUT2D eigenvalue weighted by molar-refractivity contribution is 0.528. The average molecular weight is 440 g/mol. The second-order valence-electron chi connectivity index (χ2n) is 4.57. The van der Waals surface area contributed by atoms with Crippen molar-refractivity contribution in [1.82, 2.24) is 10.2 Å². The average Bonchev–Trinajstić information content (AvgIpc) is 2.98. The Labute approximate surface area is 149 Å². The second-order valence-corrected chi connectivity index (χ2v) is 7.26. The van der Waals surface area contributed by atoms with Crippen LogP contribution < -0.4 is 0 Å². The fourth-order valence-electron chi connectivity index (χ4n) is 1.92. The third-order valence-corrected chi connectivity index (χ3v) is 5.44. The molecule has 0 saturated heterocycles. The molecular weight excluding hydrogens is 428 g/mol. The van der Waals surface area contributed by atoms with E-state index in [-0.39, 0.29) is 0 Å². The molecular formula is C16H12Br2N2OS. The minimum absolute atomic E-state index is 0.545. The molecule has 2 aromatic carbocycles. The zero-order chi connectivity index (χ0) is 15.4. The van der Waals surface area contributed by atoms with E-state index in [0.717, 1.165) is 20.3 Å². The van der Waals surface area contributed by atoms with Crippen LogP contribution in [0.3, 0.4) is 0 Å². The number of halogens is 2. The molecule has 112 valence electrons. The van der Waals surface area contributed by atoms with E-state index < -0.39 is 0 Å². The molecule has 22 heavy (non-hydrogen) atoms. The van der Waals surface area contributed by atoms with E-state index in [9.17, 15) is 0 Å². The van der Waals surface area contributed by atoms with Crippen molar-refractivity contribution in [3.63, 3.8) is 0 Å². The Morgan fingerprint density at radius 2 is 1.59 bits per heavy atom. The molecule has 0 atom stereocenters. The van der Waals surface area contributed by atoms with Gasteiger partial charge in [-0.3, -0.25) is 0 Å². The first-order valence-corrected chi connectivity index (χ1v) is 9.36. The van der Waals surface area contributed by atoms with Gasteiger partial charge in [-0.15, -0.1) is 22.0 Å². The van der Waals surface area contributed by atoms with Gasteiger partial charge in [-0.05, 0) is 39.7 Å². The van der Waals surface area contributed by atoms with Gasteiger partial charge in [-0.25, -0.2) is 0 Å². The highest BCUT2D eigenvalue weighted by molar-refractivity contribution is 9.10. The van der Waals surface area contributed by atoms with Crippen LogP contribution >= 0.6 is 43.6 Å². The number of rotatable bonds is 5. The van der Waals surface area contributed by atoms with E-state index in [0.29, 0.717) is 17.5 Å². The molecule has 0 bridgehead atoms. The summed E-state index contributed by atoms with van der Waals surface area (Å²) in [5.41, 5.74) is 2.18. The van der Waals surface area contributed by atoms with E-state index in [1.165, 1.54) is 5.56 Å². The van der Waals surface area contributed by atoms with Crippen LogP contribution in [0.1, 0.15) is 11.5 Å². The van der Waals surface area contributed by atoms with Gasteiger partial charge in [0.1, 0.15) is 0 Å². The highest BCUT2D eigenvalue weighted by atomic mass is 79.9. The molecule has 6 heteroatoms. The minimum atomic E-state index is 0.545. The summed E-state index contributed by atoms with van der Waals surface area (Å²) in [5, 5.41) is 8.24. The van der Waals surface area contributed by atoms with Gasteiger partial charge in [0.2, 0.25) is 11.8 Å². The van der Waals surface area contributed by atoms with Crippen molar-refractivity contribution in [1.29, 1.82) is 0 Å². The maximum atomic E-state index is 5.73. The molecule has 0 radical (unpaired) electrons. The first-order valence-electron chi connectivity index (χ1n) is 6.62. The van der Waals surface area contributed by atoms with E-state index in [2.05, 4.69) is 48.1 Å². The molecule has 0 amide bonds. The molecule has 1 aromatic heterocycles. The molecule has 3 aromatic rings. The van der Waals surface area contributed by atoms with Gasteiger partial charge < -0.3 is 4.42 Å². The van der Waals surface area contributed by atoms with Gasteiger partial charge in [0.25, 0.3) is 0 Å². The number of hydrogen-bond acceptors (Lipinski definition) is 4. The van der Waals surface area contributed by atoms with Gasteiger partial charge in [-0.1, -0.05) is 46.3 Å². The van der Waals surface area contributed by atoms with Crippen molar-refractivity contribution in [3.05, 3.63) is 68.9 Å². The largest absolute Gasteiger partial charge is 0.420 e. The Balaban J connectivity index is 1.63. The topological polar surface area (TPSA) is 38.9 Å². The molecule has 3 rings (SSSR count). The lowest BCUT2D eigenvalue weighted by Gasteiger charge is -2.02. The van der Waals surface area contributed by atoms with Crippen molar-refractivity contribution in [2.24, 2.45) is 0 Å². The van der Waals surface area contributed by atoms with Crippen LogP contribution in [0, 0.1) is 0 Å². The standard InChI is InChI=1S/C16H12Br2N2OS/c17-13-7-3-1-5-11(13)9-22-10-15-19-20-16(21-15)12-6-2-4-8-14(12)18/h1-8H,9-10H2. The smallest absolute Gasteiger partial charge is 0.248 e. The molecule has 1 heterocycles. The molecule has 0 aliphatic carbocycles. The lowest BCUT2D eigenvalue weighted by atomic mass is 10.2. The Morgan fingerprint density at radius 3 is 2.36 bits per heavy atom. The first kappa shape index (κ1) is 15.8. The summed E-state index contributed by atoms with van der Waals surface area (Å²) in [5.74, 6) is 2.78. The maximum absolute atomic E-state index is 5.73. The van der Waals surface area contributed by atoms with Crippen LogP contribution in [-0.4, -0.2) is 10.2 Å². The molecule has 3 nitrogen and oxygen atoms in total. The fraction of sp³-hybridized carbons (Fsp3) is 0.125. The summed E-state index contributed by atoms with van der Waals surface area (Å²) >= 11 is 8.80. The van der Waals surface area contributed by atoms with Gasteiger partial charge in [0.05, 0.1) is 11.3 Å². The number of aromatic nitrogens is 2. The van der Waals surface area contributed by atoms with Crippen molar-refractivity contribution in [3.8, 4) is 11.5 Å². The third-order valence-electron chi connectivity index (χ3n) is 3.01. The molecule has 0 N–H and O–H groups in total. The molecule has 0 aliphatic rings. The predicted molar refractivity (Wildman–Crippen MR) is 96.6 cm³/mol. The monoisotopic (exact) mass is 438 g/mol. The lowest BCUT2D eigenvalue weighted by Crippen LogP contribution is -1.85. The summed E-state index contributed by atoms with van der Waals surface area (Å²) in [4.78, 5) is 0. The third kappa shape index (κ3) is 3.80. The van der Waals surface area contributed by atoms with Crippen LogP contribution in [0.25, 0.3) is 11.5 Å². The normalized spacial score (nSPS) is 10.8. The fourth-order valence-corrected chi connectivity index (χ4v) is 3.85. The van der Waals surface area contributed by atoms with Crippen LogP contribution in [0.2, 0.25) is 0 Å². The SMILES string of the molecule is Brc1ccccc1CSCc1nnc(-c2ccccc2Br)o1. The molecule has 0 spiro atoms. The van der Waals surface area contributed by atoms with E-state index in [1.54, 1.807) is 11.8 Å². The molecule has 0 unspecified atom stereocenters. The molecule has 0 fully saturated rings. The van der Waals surface area contributed by atoms with E-state index >= 15 is 0 Å². The first-order chi connectivity index (χ1) is 10.7. The number of benzene rings is 2. The van der Waals surface area contributed by atoms with Gasteiger partial charge in [0, 0.05) is 14.7 Å². The zero-order valence-electron chi connectivity index (χ0n) is 11.5. The number of thioether (sulfide) groups is 1. The Hall–Kier alpha value is -1.11.